The van der Waals surface area contributed by atoms with Gasteiger partial charge in [0.2, 0.25) is 5.12 Å². The molecule has 1 aliphatic rings. The monoisotopic (exact) mass is 320 g/mol. The molecule has 2 rings (SSSR count). The molecule has 22 heavy (non-hydrogen) atoms. The predicted molar refractivity (Wildman–Crippen MR) is 82.7 cm³/mol. The van der Waals surface area contributed by atoms with E-state index in [-0.39, 0.29) is 13.2 Å². The van der Waals surface area contributed by atoms with Crippen LogP contribution in [0.1, 0.15) is 19.4 Å². The molecule has 1 aliphatic heterocycles. The Balaban J connectivity index is 2.58. The number of benzene rings is 1. The van der Waals surface area contributed by atoms with Crippen LogP contribution in [0.2, 0.25) is 0 Å². The van der Waals surface area contributed by atoms with E-state index in [1.165, 1.54) is 5.41 Å². The number of rotatable bonds is 5. The molecule has 0 fully saturated rings. The summed E-state index contributed by atoms with van der Waals surface area (Å²) in [6.45, 7) is 3.38. The van der Waals surface area contributed by atoms with Crippen LogP contribution in [0.4, 0.5) is 0 Å². The molecule has 0 spiro atoms. The first-order valence-corrected chi connectivity index (χ1v) is 7.78. The van der Waals surface area contributed by atoms with Crippen molar-refractivity contribution in [1.29, 1.82) is 0 Å². The van der Waals surface area contributed by atoms with E-state index >= 15 is 0 Å². The highest BCUT2D eigenvalue weighted by molar-refractivity contribution is 8.17. The molecule has 0 unspecified atom stereocenters. The summed E-state index contributed by atoms with van der Waals surface area (Å²) in [5, 5.41) is 0.925. The topological polar surface area (TPSA) is 69.7 Å². The zero-order chi connectivity index (χ0) is 16.2. The lowest BCUT2D eigenvalue weighted by molar-refractivity contribution is -0.167. The molecule has 0 amide bonds. The van der Waals surface area contributed by atoms with Crippen LogP contribution in [-0.4, -0.2) is 30.3 Å². The third-order valence-corrected chi connectivity index (χ3v) is 4.12. The summed E-state index contributed by atoms with van der Waals surface area (Å²) in [5.41, 5.74) is -1.13. The van der Waals surface area contributed by atoms with Crippen molar-refractivity contribution >= 4 is 34.4 Å². The lowest BCUT2D eigenvalue weighted by Crippen LogP contribution is -2.46. The highest BCUT2D eigenvalue weighted by Gasteiger charge is 2.61. The summed E-state index contributed by atoms with van der Waals surface area (Å²) in [6.07, 6.45) is 0. The molecule has 0 saturated heterocycles. The second kappa shape index (κ2) is 6.79. The highest BCUT2D eigenvalue weighted by Crippen LogP contribution is 2.48. The molecule has 0 radical (unpaired) electrons. The number of ether oxygens (including phenoxy) is 2. The normalized spacial score (nSPS) is 16.1. The minimum Gasteiger partial charge on any atom is -0.465 e. The van der Waals surface area contributed by atoms with Crippen molar-refractivity contribution in [3.05, 3.63) is 41.3 Å². The van der Waals surface area contributed by atoms with Crippen molar-refractivity contribution in [2.45, 2.75) is 13.8 Å². The van der Waals surface area contributed by atoms with Crippen LogP contribution in [0, 0.1) is 5.41 Å². The molecule has 6 heteroatoms. The molecule has 0 aromatic heterocycles. The Hall–Kier alpha value is -2.08. The van der Waals surface area contributed by atoms with Crippen LogP contribution >= 0.6 is 11.8 Å². The predicted octanol–water partition coefficient (Wildman–Crippen LogP) is 2.41. The van der Waals surface area contributed by atoms with Crippen molar-refractivity contribution < 1.29 is 23.9 Å². The van der Waals surface area contributed by atoms with Gasteiger partial charge in [-0.2, -0.15) is 0 Å². The van der Waals surface area contributed by atoms with E-state index in [1.807, 2.05) is 6.07 Å². The quantitative estimate of drug-likeness (QED) is 0.613. The molecular weight excluding hydrogens is 304 g/mol. The molecule has 0 atom stereocenters. The van der Waals surface area contributed by atoms with Gasteiger partial charge in [0.15, 0.2) is 0 Å². The number of carbonyl (C=O) groups excluding carboxylic acids is 3. The largest absolute Gasteiger partial charge is 0.465 e. The van der Waals surface area contributed by atoms with Gasteiger partial charge in [-0.1, -0.05) is 42.1 Å². The summed E-state index contributed by atoms with van der Waals surface area (Å²) in [7, 11) is 0. The van der Waals surface area contributed by atoms with Gasteiger partial charge in [0.25, 0.3) is 5.41 Å². The molecule has 1 heterocycles. The number of thioether (sulfide) groups is 1. The Morgan fingerprint density at radius 3 is 2.09 bits per heavy atom. The minimum absolute atomic E-state index is 0.0694. The van der Waals surface area contributed by atoms with Crippen molar-refractivity contribution in [2.24, 2.45) is 5.41 Å². The van der Waals surface area contributed by atoms with E-state index < -0.39 is 22.5 Å². The van der Waals surface area contributed by atoms with E-state index in [0.717, 1.165) is 11.8 Å². The van der Waals surface area contributed by atoms with Gasteiger partial charge in [0.1, 0.15) is 0 Å². The molecule has 0 bridgehead atoms. The van der Waals surface area contributed by atoms with E-state index in [4.69, 9.17) is 9.47 Å². The van der Waals surface area contributed by atoms with Gasteiger partial charge in [-0.25, -0.2) is 9.59 Å². The molecule has 1 aromatic rings. The lowest BCUT2D eigenvalue weighted by atomic mass is 9.78. The zero-order valence-electron chi connectivity index (χ0n) is 12.3. The van der Waals surface area contributed by atoms with Crippen molar-refractivity contribution in [1.82, 2.24) is 0 Å². The van der Waals surface area contributed by atoms with Crippen molar-refractivity contribution in [3.8, 4) is 0 Å². The maximum atomic E-state index is 12.5. The smallest absolute Gasteiger partial charge is 0.336 e. The Bertz CT molecular complexity index is 603. The van der Waals surface area contributed by atoms with E-state index in [2.05, 4.69) is 0 Å². The molecule has 0 N–H and O–H groups in total. The third kappa shape index (κ3) is 2.54. The molecule has 116 valence electrons. The molecule has 1 aromatic carbocycles. The third-order valence-electron chi connectivity index (χ3n) is 3.24. The van der Waals surface area contributed by atoms with Gasteiger partial charge in [-0.05, 0) is 24.8 Å². The fourth-order valence-electron chi connectivity index (χ4n) is 2.25. The summed E-state index contributed by atoms with van der Waals surface area (Å²) >= 11 is 0.813. The first-order valence-electron chi connectivity index (χ1n) is 6.90. The van der Waals surface area contributed by atoms with Gasteiger partial charge < -0.3 is 9.47 Å². The van der Waals surface area contributed by atoms with E-state index in [0.29, 0.717) is 11.1 Å². The summed E-state index contributed by atoms with van der Waals surface area (Å²) < 4.78 is 10.0. The van der Waals surface area contributed by atoms with Gasteiger partial charge >= 0.3 is 11.9 Å². The van der Waals surface area contributed by atoms with E-state index in [1.54, 1.807) is 38.1 Å². The summed E-state index contributed by atoms with van der Waals surface area (Å²) in [4.78, 5) is 37.4. The van der Waals surface area contributed by atoms with Crippen LogP contribution in [0.15, 0.2) is 35.7 Å². The lowest BCUT2D eigenvalue weighted by Gasteiger charge is -2.25. The Kier molecular flexibility index (Phi) is 5.03. The zero-order valence-corrected chi connectivity index (χ0v) is 13.1. The maximum Gasteiger partial charge on any atom is 0.336 e. The second-order valence-electron chi connectivity index (χ2n) is 4.49. The Morgan fingerprint density at radius 2 is 1.59 bits per heavy atom. The van der Waals surface area contributed by atoms with Crippen LogP contribution in [-0.2, 0) is 23.9 Å². The fraction of sp³-hybridized carbons (Fsp3) is 0.312. The number of esters is 2. The van der Waals surface area contributed by atoms with Crippen LogP contribution < -0.4 is 0 Å². The average molecular weight is 320 g/mol. The van der Waals surface area contributed by atoms with Gasteiger partial charge in [-0.15, -0.1) is 0 Å². The van der Waals surface area contributed by atoms with Gasteiger partial charge in [0, 0.05) is 5.57 Å². The molecular formula is C16H16O5S. The van der Waals surface area contributed by atoms with Crippen molar-refractivity contribution in [2.75, 3.05) is 13.2 Å². The SMILES string of the molecule is CCOC(=O)C1(C(=O)OCC)C(=O)SC=C1c1ccccc1. The van der Waals surface area contributed by atoms with Crippen LogP contribution in [0.5, 0.6) is 0 Å². The van der Waals surface area contributed by atoms with Crippen molar-refractivity contribution in [3.63, 3.8) is 0 Å². The van der Waals surface area contributed by atoms with Crippen LogP contribution in [0.25, 0.3) is 5.57 Å². The van der Waals surface area contributed by atoms with E-state index in [9.17, 15) is 14.4 Å². The maximum absolute atomic E-state index is 12.5. The molecule has 0 saturated carbocycles. The number of hydrogen-bond donors (Lipinski definition) is 0. The minimum atomic E-state index is -2.04. The first kappa shape index (κ1) is 16.3. The number of carbonyl (C=O) groups is 3. The Labute approximate surface area is 132 Å². The average Bonchev–Trinajstić information content (AvgIpc) is 2.87. The standard InChI is InChI=1S/C16H16O5S/c1-3-20-13(17)16(14(18)21-4-2)12(10-22-15(16)19)11-8-6-5-7-9-11/h5-10H,3-4H2,1-2H3. The Morgan fingerprint density at radius 1 is 1.05 bits per heavy atom. The fourth-order valence-corrected chi connectivity index (χ4v) is 3.24. The van der Waals surface area contributed by atoms with Gasteiger partial charge in [-0.3, -0.25) is 4.79 Å². The summed E-state index contributed by atoms with van der Waals surface area (Å²) in [6, 6.07) is 8.82. The first-order chi connectivity index (χ1) is 10.6. The number of hydrogen-bond acceptors (Lipinski definition) is 6. The highest BCUT2D eigenvalue weighted by atomic mass is 32.2. The van der Waals surface area contributed by atoms with Crippen LogP contribution in [0.3, 0.4) is 0 Å². The molecule has 5 nitrogen and oxygen atoms in total. The van der Waals surface area contributed by atoms with Gasteiger partial charge in [0.05, 0.1) is 13.2 Å². The molecule has 0 aliphatic carbocycles. The second-order valence-corrected chi connectivity index (χ2v) is 5.34. The summed E-state index contributed by atoms with van der Waals surface area (Å²) in [5.74, 6) is -1.78.